The van der Waals surface area contributed by atoms with Crippen LogP contribution in [0.1, 0.15) is 55.6 Å². The van der Waals surface area contributed by atoms with Crippen molar-refractivity contribution < 1.29 is 9.59 Å². The van der Waals surface area contributed by atoms with Gasteiger partial charge in [0.25, 0.3) is 5.91 Å². The zero-order valence-electron chi connectivity index (χ0n) is 19.2. The Labute approximate surface area is 191 Å². The van der Waals surface area contributed by atoms with E-state index in [0.29, 0.717) is 31.1 Å². The summed E-state index contributed by atoms with van der Waals surface area (Å²) in [5.74, 6) is 0.316. The lowest BCUT2D eigenvalue weighted by molar-refractivity contribution is -0.122. The van der Waals surface area contributed by atoms with Crippen molar-refractivity contribution in [2.75, 3.05) is 26.2 Å². The molecule has 1 fully saturated rings. The zero-order valence-corrected chi connectivity index (χ0v) is 19.2. The number of rotatable bonds is 10. The average Bonchev–Trinajstić information content (AvgIpc) is 2.81. The Morgan fingerprint density at radius 3 is 2.53 bits per heavy atom. The molecule has 1 N–H and O–H groups in total. The topological polar surface area (TPSA) is 78.4 Å². The molecule has 3 rings (SSSR count). The number of hydrogen-bond donors (Lipinski definition) is 1. The molecule has 7 heteroatoms. The standard InChI is InChI=1S/C25H35N5O2/c1-20(2)8-16-30(25(32)23-18-26-12-13-27-23)17-11-24(31)28-22-9-14-29(15-10-22)19-21-6-4-3-5-7-21/h3-7,12-13,18,20,22H,8-11,14-17,19H2,1-2H3,(H,28,31). The zero-order chi connectivity index (χ0) is 22.8. The molecule has 1 aliphatic heterocycles. The highest BCUT2D eigenvalue weighted by molar-refractivity contribution is 5.92. The first kappa shape index (κ1) is 23.9. The van der Waals surface area contributed by atoms with E-state index in [4.69, 9.17) is 0 Å². The molecule has 0 unspecified atom stereocenters. The SMILES string of the molecule is CC(C)CCN(CCC(=O)NC1CCN(Cc2ccccc2)CC1)C(=O)c1cnccn1. The van der Waals surface area contributed by atoms with Gasteiger partial charge in [-0.25, -0.2) is 4.98 Å². The first-order chi connectivity index (χ1) is 15.5. The number of piperidine rings is 1. The Kier molecular flexibility index (Phi) is 9.16. The van der Waals surface area contributed by atoms with Gasteiger partial charge in [-0.15, -0.1) is 0 Å². The lowest BCUT2D eigenvalue weighted by Crippen LogP contribution is -2.45. The fourth-order valence-corrected chi connectivity index (χ4v) is 3.91. The van der Waals surface area contributed by atoms with Gasteiger partial charge >= 0.3 is 0 Å². The van der Waals surface area contributed by atoms with Crippen LogP contribution >= 0.6 is 0 Å². The van der Waals surface area contributed by atoms with E-state index >= 15 is 0 Å². The molecule has 0 aliphatic carbocycles. The van der Waals surface area contributed by atoms with E-state index in [1.807, 2.05) is 6.07 Å². The summed E-state index contributed by atoms with van der Waals surface area (Å²) in [4.78, 5) is 37.7. The molecule has 0 spiro atoms. The Morgan fingerprint density at radius 1 is 1.12 bits per heavy atom. The lowest BCUT2D eigenvalue weighted by atomic mass is 10.0. The van der Waals surface area contributed by atoms with Crippen LogP contribution in [0.25, 0.3) is 0 Å². The van der Waals surface area contributed by atoms with Crippen LogP contribution in [0.15, 0.2) is 48.9 Å². The summed E-state index contributed by atoms with van der Waals surface area (Å²) in [6, 6.07) is 10.7. The minimum Gasteiger partial charge on any atom is -0.353 e. The quantitative estimate of drug-likeness (QED) is 0.618. The van der Waals surface area contributed by atoms with Crippen LogP contribution in [0.3, 0.4) is 0 Å². The maximum Gasteiger partial charge on any atom is 0.274 e. The van der Waals surface area contributed by atoms with Gasteiger partial charge in [-0.3, -0.25) is 19.5 Å². The summed E-state index contributed by atoms with van der Waals surface area (Å²) in [5, 5.41) is 3.17. The van der Waals surface area contributed by atoms with E-state index in [-0.39, 0.29) is 17.9 Å². The van der Waals surface area contributed by atoms with Crippen molar-refractivity contribution in [3.05, 3.63) is 60.2 Å². The molecular formula is C25H35N5O2. The third-order valence-corrected chi connectivity index (χ3v) is 5.86. The minimum atomic E-state index is -0.166. The number of carbonyl (C=O) groups is 2. The molecule has 2 heterocycles. The highest BCUT2D eigenvalue weighted by atomic mass is 16.2. The molecule has 0 radical (unpaired) electrons. The van der Waals surface area contributed by atoms with Gasteiger partial charge in [-0.2, -0.15) is 0 Å². The van der Waals surface area contributed by atoms with Gasteiger partial charge in [-0.1, -0.05) is 44.2 Å². The number of carbonyl (C=O) groups excluding carboxylic acids is 2. The van der Waals surface area contributed by atoms with Gasteiger partial charge < -0.3 is 10.2 Å². The van der Waals surface area contributed by atoms with Crippen LogP contribution in [0.2, 0.25) is 0 Å². The fraction of sp³-hybridized carbons (Fsp3) is 0.520. The third-order valence-electron chi connectivity index (χ3n) is 5.86. The molecular weight excluding hydrogens is 402 g/mol. The molecule has 2 amide bonds. The molecule has 0 saturated carbocycles. The van der Waals surface area contributed by atoms with Crippen LogP contribution in [0.5, 0.6) is 0 Å². The largest absolute Gasteiger partial charge is 0.353 e. The van der Waals surface area contributed by atoms with Gasteiger partial charge in [0.15, 0.2) is 0 Å². The van der Waals surface area contributed by atoms with Crippen LogP contribution in [0, 0.1) is 5.92 Å². The molecule has 1 saturated heterocycles. The highest BCUT2D eigenvalue weighted by Gasteiger charge is 2.22. The van der Waals surface area contributed by atoms with Crippen LogP contribution in [-0.2, 0) is 11.3 Å². The molecule has 1 aromatic carbocycles. The predicted molar refractivity (Wildman–Crippen MR) is 125 cm³/mol. The summed E-state index contributed by atoms with van der Waals surface area (Å²) in [6.45, 7) is 8.16. The molecule has 1 aromatic heterocycles. The minimum absolute atomic E-state index is 0.00741. The number of benzene rings is 1. The number of nitrogens with zero attached hydrogens (tertiary/aromatic N) is 4. The summed E-state index contributed by atoms with van der Waals surface area (Å²) in [5.41, 5.74) is 1.65. The normalized spacial score (nSPS) is 15.0. The number of aromatic nitrogens is 2. The van der Waals surface area contributed by atoms with Crippen molar-refractivity contribution in [1.29, 1.82) is 0 Å². The number of likely N-dealkylation sites (tertiary alicyclic amines) is 1. The average molecular weight is 438 g/mol. The molecule has 0 atom stereocenters. The fourth-order valence-electron chi connectivity index (χ4n) is 3.91. The maximum absolute atomic E-state index is 12.8. The molecule has 32 heavy (non-hydrogen) atoms. The smallest absolute Gasteiger partial charge is 0.274 e. The molecule has 0 bridgehead atoms. The van der Waals surface area contributed by atoms with Gasteiger partial charge in [-0.05, 0) is 30.7 Å². The van der Waals surface area contributed by atoms with Crippen molar-refractivity contribution in [2.45, 2.75) is 52.1 Å². The second kappa shape index (κ2) is 12.3. The monoisotopic (exact) mass is 437 g/mol. The number of amides is 2. The van der Waals surface area contributed by atoms with Crippen molar-refractivity contribution >= 4 is 11.8 Å². The van der Waals surface area contributed by atoms with E-state index < -0.39 is 0 Å². The second-order valence-corrected chi connectivity index (χ2v) is 8.92. The number of nitrogens with one attached hydrogen (secondary N) is 1. The van der Waals surface area contributed by atoms with Crippen LogP contribution < -0.4 is 5.32 Å². The Hall–Kier alpha value is -2.80. The van der Waals surface area contributed by atoms with E-state index in [0.717, 1.165) is 38.9 Å². The molecule has 1 aliphatic rings. The van der Waals surface area contributed by atoms with Gasteiger partial charge in [0.05, 0.1) is 6.20 Å². The van der Waals surface area contributed by atoms with Crippen molar-refractivity contribution in [2.24, 2.45) is 5.92 Å². The van der Waals surface area contributed by atoms with Gasteiger partial charge in [0.1, 0.15) is 5.69 Å². The van der Waals surface area contributed by atoms with Gasteiger partial charge in [0.2, 0.25) is 5.91 Å². The maximum atomic E-state index is 12.8. The number of hydrogen-bond acceptors (Lipinski definition) is 5. The molecule has 172 valence electrons. The van der Waals surface area contributed by atoms with Crippen molar-refractivity contribution in [3.63, 3.8) is 0 Å². The Bertz CT molecular complexity index is 836. The first-order valence-corrected chi connectivity index (χ1v) is 11.6. The summed E-state index contributed by atoms with van der Waals surface area (Å²) in [7, 11) is 0. The highest BCUT2D eigenvalue weighted by Crippen LogP contribution is 2.14. The molecule has 2 aromatic rings. The first-order valence-electron chi connectivity index (χ1n) is 11.6. The van der Waals surface area contributed by atoms with Crippen molar-refractivity contribution in [1.82, 2.24) is 25.1 Å². The third kappa shape index (κ3) is 7.71. The van der Waals surface area contributed by atoms with Crippen LogP contribution in [-0.4, -0.2) is 63.8 Å². The summed E-state index contributed by atoms with van der Waals surface area (Å²) >= 11 is 0. The van der Waals surface area contributed by atoms with E-state index in [1.165, 1.54) is 18.0 Å². The van der Waals surface area contributed by atoms with E-state index in [1.54, 1.807) is 11.1 Å². The summed E-state index contributed by atoms with van der Waals surface area (Å²) < 4.78 is 0. The lowest BCUT2D eigenvalue weighted by Gasteiger charge is -2.32. The molecule has 7 nitrogen and oxygen atoms in total. The van der Waals surface area contributed by atoms with E-state index in [9.17, 15) is 9.59 Å². The van der Waals surface area contributed by atoms with Crippen LogP contribution in [0.4, 0.5) is 0 Å². The Morgan fingerprint density at radius 2 is 1.88 bits per heavy atom. The second-order valence-electron chi connectivity index (χ2n) is 8.92. The predicted octanol–water partition coefficient (Wildman–Crippen LogP) is 3.14. The summed E-state index contributed by atoms with van der Waals surface area (Å²) in [6.07, 6.45) is 7.64. The van der Waals surface area contributed by atoms with Crippen molar-refractivity contribution in [3.8, 4) is 0 Å². The van der Waals surface area contributed by atoms with Gasteiger partial charge in [0, 0.05) is 57.6 Å². The van der Waals surface area contributed by atoms with E-state index in [2.05, 4.69) is 58.3 Å². The Balaban J connectivity index is 1.44.